The standard InChI is InChI=1S/C15H26/c1-2-4-6-8-10-12-14-15-13-11-9-7-5-3-1/h1-13H2. The van der Waals surface area contributed by atoms with E-state index in [1.165, 1.54) is 70.6 Å². The third kappa shape index (κ3) is 8.55. The predicted molar refractivity (Wildman–Crippen MR) is 67.8 cm³/mol. The normalized spacial score (nSPS) is 21.9. The van der Waals surface area contributed by atoms with Crippen LogP contribution in [-0.4, -0.2) is 0 Å². The van der Waals surface area contributed by atoms with Crippen molar-refractivity contribution in [3.05, 3.63) is 0 Å². The zero-order valence-corrected chi connectivity index (χ0v) is 10.2. The first-order valence-electron chi connectivity index (χ1n) is 6.96. The molecule has 0 aromatic carbocycles. The maximum Gasteiger partial charge on any atom is 0.00886 e. The van der Waals surface area contributed by atoms with Crippen LogP contribution in [0.2, 0.25) is 0 Å². The van der Waals surface area contributed by atoms with Crippen LogP contribution in [0.15, 0.2) is 0 Å². The molecule has 15 heavy (non-hydrogen) atoms. The van der Waals surface area contributed by atoms with Crippen molar-refractivity contribution in [2.24, 2.45) is 0 Å². The van der Waals surface area contributed by atoms with Crippen LogP contribution in [0, 0.1) is 11.8 Å². The average molecular weight is 206 g/mol. The van der Waals surface area contributed by atoms with Gasteiger partial charge >= 0.3 is 0 Å². The SMILES string of the molecule is C1#CCCCCCCCCCCCCC1. The van der Waals surface area contributed by atoms with E-state index in [4.69, 9.17) is 0 Å². The highest BCUT2D eigenvalue weighted by molar-refractivity contribution is 4.98. The van der Waals surface area contributed by atoms with Crippen LogP contribution in [-0.2, 0) is 0 Å². The molecule has 0 heterocycles. The van der Waals surface area contributed by atoms with Gasteiger partial charge in [-0.3, -0.25) is 0 Å². The molecule has 0 aliphatic heterocycles. The molecule has 0 atom stereocenters. The zero-order valence-electron chi connectivity index (χ0n) is 10.2. The van der Waals surface area contributed by atoms with E-state index in [-0.39, 0.29) is 0 Å². The van der Waals surface area contributed by atoms with Crippen molar-refractivity contribution in [2.45, 2.75) is 83.5 Å². The summed E-state index contributed by atoms with van der Waals surface area (Å²) in [5, 5.41) is 0. The molecule has 0 heteroatoms. The van der Waals surface area contributed by atoms with Crippen molar-refractivity contribution >= 4 is 0 Å². The number of hydrogen-bond acceptors (Lipinski definition) is 0. The van der Waals surface area contributed by atoms with E-state index in [1.807, 2.05) is 0 Å². The molecule has 0 aromatic rings. The van der Waals surface area contributed by atoms with Gasteiger partial charge in [0, 0.05) is 12.8 Å². The van der Waals surface area contributed by atoms with Gasteiger partial charge in [0.25, 0.3) is 0 Å². The molecule has 1 rings (SSSR count). The minimum Gasteiger partial charge on any atom is -0.103 e. The summed E-state index contributed by atoms with van der Waals surface area (Å²) < 4.78 is 0. The maximum absolute atomic E-state index is 3.30. The van der Waals surface area contributed by atoms with Gasteiger partial charge in [-0.2, -0.15) is 0 Å². The monoisotopic (exact) mass is 206 g/mol. The van der Waals surface area contributed by atoms with Crippen LogP contribution in [0.3, 0.4) is 0 Å². The number of rotatable bonds is 0. The minimum absolute atomic E-state index is 1.14. The Morgan fingerprint density at radius 3 is 0.933 bits per heavy atom. The second kappa shape index (κ2) is 10.1. The van der Waals surface area contributed by atoms with Crippen LogP contribution >= 0.6 is 0 Å². The van der Waals surface area contributed by atoms with Crippen molar-refractivity contribution in [2.75, 3.05) is 0 Å². The second-order valence-corrected chi connectivity index (χ2v) is 4.74. The van der Waals surface area contributed by atoms with Crippen molar-refractivity contribution < 1.29 is 0 Å². The lowest BCUT2D eigenvalue weighted by Gasteiger charge is -2.01. The Kier molecular flexibility index (Phi) is 8.50. The van der Waals surface area contributed by atoms with Crippen LogP contribution < -0.4 is 0 Å². The maximum atomic E-state index is 3.30. The Morgan fingerprint density at radius 2 is 0.600 bits per heavy atom. The van der Waals surface area contributed by atoms with Gasteiger partial charge in [-0.25, -0.2) is 0 Å². The third-order valence-corrected chi connectivity index (χ3v) is 3.23. The van der Waals surface area contributed by atoms with Gasteiger partial charge < -0.3 is 0 Å². The summed E-state index contributed by atoms with van der Waals surface area (Å²) in [5.74, 6) is 6.61. The van der Waals surface area contributed by atoms with E-state index in [0.29, 0.717) is 0 Å². The molecule has 0 amide bonds. The van der Waals surface area contributed by atoms with Gasteiger partial charge in [0.1, 0.15) is 0 Å². The first kappa shape index (κ1) is 12.6. The van der Waals surface area contributed by atoms with Gasteiger partial charge in [-0.15, -0.1) is 11.8 Å². The van der Waals surface area contributed by atoms with Crippen LogP contribution in [0.4, 0.5) is 0 Å². The smallest absolute Gasteiger partial charge is 0.00886 e. The molecule has 1 aliphatic rings. The summed E-state index contributed by atoms with van der Waals surface area (Å²) >= 11 is 0. The van der Waals surface area contributed by atoms with Crippen LogP contribution in [0.25, 0.3) is 0 Å². The van der Waals surface area contributed by atoms with E-state index in [9.17, 15) is 0 Å². The van der Waals surface area contributed by atoms with Crippen LogP contribution in [0.1, 0.15) is 83.5 Å². The molecule has 0 unspecified atom stereocenters. The second-order valence-electron chi connectivity index (χ2n) is 4.74. The Bertz CT molecular complexity index is 164. The van der Waals surface area contributed by atoms with Crippen molar-refractivity contribution in [1.82, 2.24) is 0 Å². The van der Waals surface area contributed by atoms with Crippen LogP contribution in [0.5, 0.6) is 0 Å². The van der Waals surface area contributed by atoms with E-state index in [1.54, 1.807) is 0 Å². The lowest BCUT2D eigenvalue weighted by Crippen LogP contribution is -1.81. The molecule has 0 saturated carbocycles. The third-order valence-electron chi connectivity index (χ3n) is 3.23. The average Bonchev–Trinajstić information content (AvgIpc) is 2.27. The summed E-state index contributed by atoms with van der Waals surface area (Å²) in [5.41, 5.74) is 0. The predicted octanol–water partition coefficient (Wildman–Crippen LogP) is 5.07. The molecule has 86 valence electrons. The first-order chi connectivity index (χ1) is 7.50. The summed E-state index contributed by atoms with van der Waals surface area (Å²) in [4.78, 5) is 0. The van der Waals surface area contributed by atoms with Gasteiger partial charge in [0.05, 0.1) is 0 Å². The summed E-state index contributed by atoms with van der Waals surface area (Å²) in [6.45, 7) is 0. The highest BCUT2D eigenvalue weighted by Gasteiger charge is 1.93. The van der Waals surface area contributed by atoms with E-state index >= 15 is 0 Å². The van der Waals surface area contributed by atoms with Crippen molar-refractivity contribution in [3.63, 3.8) is 0 Å². The van der Waals surface area contributed by atoms with Gasteiger partial charge in [0.15, 0.2) is 0 Å². The molecular formula is C15H26. The highest BCUT2D eigenvalue weighted by Crippen LogP contribution is 2.12. The molecule has 0 bridgehead atoms. The molecule has 0 radical (unpaired) electrons. The van der Waals surface area contributed by atoms with Gasteiger partial charge in [-0.05, 0) is 12.8 Å². The largest absolute Gasteiger partial charge is 0.103 e. The molecule has 0 fully saturated rings. The van der Waals surface area contributed by atoms with Gasteiger partial charge in [-0.1, -0.05) is 57.8 Å². The fourth-order valence-corrected chi connectivity index (χ4v) is 2.19. The molecule has 0 aromatic heterocycles. The Labute approximate surface area is 95.8 Å². The van der Waals surface area contributed by atoms with Crippen molar-refractivity contribution in [1.29, 1.82) is 0 Å². The van der Waals surface area contributed by atoms with Gasteiger partial charge in [0.2, 0.25) is 0 Å². The molecule has 0 N–H and O–H groups in total. The number of hydrogen-bond donors (Lipinski definition) is 0. The lowest BCUT2D eigenvalue weighted by atomic mass is 10.1. The molecule has 0 spiro atoms. The Hall–Kier alpha value is -0.440. The van der Waals surface area contributed by atoms with Crippen molar-refractivity contribution in [3.8, 4) is 11.8 Å². The summed E-state index contributed by atoms with van der Waals surface area (Å²) in [6.07, 6.45) is 17.9. The fourth-order valence-electron chi connectivity index (χ4n) is 2.19. The summed E-state index contributed by atoms with van der Waals surface area (Å²) in [6, 6.07) is 0. The molecule has 0 saturated heterocycles. The first-order valence-corrected chi connectivity index (χ1v) is 6.96. The highest BCUT2D eigenvalue weighted by atomic mass is 14.0. The molecular weight excluding hydrogens is 180 g/mol. The fraction of sp³-hybridized carbons (Fsp3) is 0.867. The Morgan fingerprint density at radius 1 is 0.333 bits per heavy atom. The lowest BCUT2D eigenvalue weighted by molar-refractivity contribution is 0.550. The van der Waals surface area contributed by atoms with E-state index in [0.717, 1.165) is 12.8 Å². The molecule has 0 nitrogen and oxygen atoms in total. The zero-order chi connectivity index (χ0) is 10.6. The molecule has 1 aliphatic carbocycles. The quantitative estimate of drug-likeness (QED) is 0.485. The van der Waals surface area contributed by atoms with E-state index < -0.39 is 0 Å². The van der Waals surface area contributed by atoms with E-state index in [2.05, 4.69) is 11.8 Å². The minimum atomic E-state index is 1.14. The topological polar surface area (TPSA) is 0 Å². The summed E-state index contributed by atoms with van der Waals surface area (Å²) in [7, 11) is 0. The Balaban J connectivity index is 2.10.